The molecular formula is C9H10ClF3N2O2S. The van der Waals surface area contributed by atoms with Crippen molar-refractivity contribution in [1.82, 2.24) is 9.71 Å². The first-order chi connectivity index (χ1) is 8.10. The van der Waals surface area contributed by atoms with Crippen molar-refractivity contribution in [3.05, 3.63) is 23.5 Å². The van der Waals surface area contributed by atoms with Crippen molar-refractivity contribution in [2.24, 2.45) is 0 Å². The van der Waals surface area contributed by atoms with Gasteiger partial charge in [-0.1, -0.05) is 11.6 Å². The second-order valence-electron chi connectivity index (χ2n) is 3.66. The lowest BCUT2D eigenvalue weighted by Gasteiger charge is -2.15. The highest BCUT2D eigenvalue weighted by Crippen LogP contribution is 2.22. The Morgan fingerprint density at radius 3 is 2.50 bits per heavy atom. The number of aromatic nitrogens is 1. The fraction of sp³-hybridized carbons (Fsp3) is 0.444. The molecule has 0 aliphatic carbocycles. The van der Waals surface area contributed by atoms with E-state index in [2.05, 4.69) is 4.98 Å². The molecule has 4 nitrogen and oxygen atoms in total. The summed E-state index contributed by atoms with van der Waals surface area (Å²) >= 11 is 5.48. The average molecular weight is 303 g/mol. The topological polar surface area (TPSA) is 59.1 Å². The van der Waals surface area contributed by atoms with Crippen LogP contribution in [-0.4, -0.2) is 25.6 Å². The maximum Gasteiger partial charge on any atom is 0.390 e. The molecule has 0 spiro atoms. The van der Waals surface area contributed by atoms with Gasteiger partial charge in [-0.2, -0.15) is 13.2 Å². The first kappa shape index (κ1) is 15.2. The number of nitrogens with zero attached hydrogens (tertiary/aromatic N) is 1. The lowest BCUT2D eigenvalue weighted by atomic mass is 10.2. The van der Waals surface area contributed by atoms with Crippen molar-refractivity contribution >= 4 is 21.6 Å². The molecule has 1 unspecified atom stereocenters. The Morgan fingerprint density at radius 2 is 2.06 bits per heavy atom. The van der Waals surface area contributed by atoms with Crippen LogP contribution in [0.1, 0.15) is 13.3 Å². The minimum absolute atomic E-state index is 0.0947. The van der Waals surface area contributed by atoms with E-state index in [-0.39, 0.29) is 10.0 Å². The molecule has 0 aromatic carbocycles. The van der Waals surface area contributed by atoms with Crippen LogP contribution in [0.15, 0.2) is 23.2 Å². The van der Waals surface area contributed by atoms with Crippen LogP contribution in [0.2, 0.25) is 5.15 Å². The third kappa shape index (κ3) is 4.79. The number of sulfonamides is 1. The molecule has 0 saturated heterocycles. The minimum Gasteiger partial charge on any atom is -0.243 e. The molecule has 0 aliphatic heterocycles. The van der Waals surface area contributed by atoms with Crippen LogP contribution < -0.4 is 4.72 Å². The Kier molecular flexibility index (Phi) is 4.57. The number of hydrogen-bond acceptors (Lipinski definition) is 3. The average Bonchev–Trinajstić information content (AvgIpc) is 2.13. The van der Waals surface area contributed by atoms with Gasteiger partial charge in [-0.15, -0.1) is 0 Å². The van der Waals surface area contributed by atoms with Crippen molar-refractivity contribution in [3.63, 3.8) is 0 Å². The second-order valence-corrected chi connectivity index (χ2v) is 5.76. The zero-order valence-corrected chi connectivity index (χ0v) is 10.8. The summed E-state index contributed by atoms with van der Waals surface area (Å²) in [5.74, 6) is 0. The van der Waals surface area contributed by atoms with Crippen LogP contribution >= 0.6 is 11.6 Å². The Bertz CT molecular complexity index is 502. The third-order valence-electron chi connectivity index (χ3n) is 1.90. The molecule has 102 valence electrons. The van der Waals surface area contributed by atoms with Crippen LogP contribution in [0.3, 0.4) is 0 Å². The van der Waals surface area contributed by atoms with E-state index in [9.17, 15) is 21.6 Å². The zero-order valence-electron chi connectivity index (χ0n) is 9.20. The number of rotatable bonds is 4. The quantitative estimate of drug-likeness (QED) is 0.869. The molecule has 1 heterocycles. The van der Waals surface area contributed by atoms with Crippen molar-refractivity contribution in [2.75, 3.05) is 0 Å². The van der Waals surface area contributed by atoms with E-state index in [4.69, 9.17) is 11.6 Å². The van der Waals surface area contributed by atoms with Crippen molar-refractivity contribution in [2.45, 2.75) is 30.5 Å². The van der Waals surface area contributed by atoms with Gasteiger partial charge in [-0.3, -0.25) is 0 Å². The van der Waals surface area contributed by atoms with Gasteiger partial charge in [0.05, 0.1) is 6.42 Å². The highest BCUT2D eigenvalue weighted by atomic mass is 35.5. The van der Waals surface area contributed by atoms with Gasteiger partial charge in [0.25, 0.3) is 0 Å². The summed E-state index contributed by atoms with van der Waals surface area (Å²) in [6.07, 6.45) is -4.70. The summed E-state index contributed by atoms with van der Waals surface area (Å²) in [5.41, 5.74) is 0. The molecule has 1 aromatic rings. The molecule has 0 radical (unpaired) electrons. The van der Waals surface area contributed by atoms with Gasteiger partial charge >= 0.3 is 6.18 Å². The molecule has 0 saturated carbocycles. The van der Waals surface area contributed by atoms with E-state index < -0.39 is 28.7 Å². The smallest absolute Gasteiger partial charge is 0.243 e. The maximum absolute atomic E-state index is 12.1. The Labute approximate surface area is 107 Å². The Morgan fingerprint density at radius 1 is 1.44 bits per heavy atom. The fourth-order valence-corrected chi connectivity index (χ4v) is 2.54. The van der Waals surface area contributed by atoms with Crippen LogP contribution in [-0.2, 0) is 10.0 Å². The maximum atomic E-state index is 12.1. The van der Waals surface area contributed by atoms with Crippen LogP contribution in [0.25, 0.3) is 0 Å². The van der Waals surface area contributed by atoms with Crippen LogP contribution in [0, 0.1) is 0 Å². The number of nitrogens with one attached hydrogen (secondary N) is 1. The monoisotopic (exact) mass is 302 g/mol. The fourth-order valence-electron chi connectivity index (χ4n) is 1.24. The summed E-state index contributed by atoms with van der Waals surface area (Å²) in [6.45, 7) is 1.13. The van der Waals surface area contributed by atoms with Crippen molar-refractivity contribution in [1.29, 1.82) is 0 Å². The summed E-state index contributed by atoms with van der Waals surface area (Å²) in [4.78, 5) is 3.32. The van der Waals surface area contributed by atoms with E-state index in [0.717, 1.165) is 19.2 Å². The summed E-state index contributed by atoms with van der Waals surface area (Å²) in [7, 11) is -4.02. The lowest BCUT2D eigenvalue weighted by molar-refractivity contribution is -0.137. The molecule has 18 heavy (non-hydrogen) atoms. The zero-order chi connectivity index (χ0) is 14.0. The van der Waals surface area contributed by atoms with Gasteiger partial charge in [0, 0.05) is 12.2 Å². The van der Waals surface area contributed by atoms with E-state index in [1.807, 2.05) is 4.72 Å². The first-order valence-corrected chi connectivity index (χ1v) is 6.67. The molecule has 1 N–H and O–H groups in total. The standard InChI is InChI=1S/C9H10ClF3N2O2S/c1-6(4-9(11,12)13)15-18(16,17)7-2-3-8(10)14-5-7/h2-3,5-6,15H,4H2,1H3. The van der Waals surface area contributed by atoms with Gasteiger partial charge < -0.3 is 0 Å². The van der Waals surface area contributed by atoms with E-state index in [1.54, 1.807) is 0 Å². The normalized spacial score (nSPS) is 14.5. The minimum atomic E-state index is -4.43. The van der Waals surface area contributed by atoms with E-state index in [1.165, 1.54) is 6.07 Å². The van der Waals surface area contributed by atoms with Gasteiger partial charge in [-0.25, -0.2) is 18.1 Å². The molecular weight excluding hydrogens is 293 g/mol. The predicted octanol–water partition coefficient (Wildman–Crippen LogP) is 2.35. The van der Waals surface area contributed by atoms with Crippen LogP contribution in [0.5, 0.6) is 0 Å². The Balaban J connectivity index is 2.79. The molecule has 0 aliphatic rings. The first-order valence-electron chi connectivity index (χ1n) is 4.81. The molecule has 0 fully saturated rings. The largest absolute Gasteiger partial charge is 0.390 e. The highest BCUT2D eigenvalue weighted by Gasteiger charge is 2.32. The highest BCUT2D eigenvalue weighted by molar-refractivity contribution is 7.89. The second kappa shape index (κ2) is 5.41. The number of hydrogen-bond donors (Lipinski definition) is 1. The van der Waals surface area contributed by atoms with Gasteiger partial charge in [0.2, 0.25) is 10.0 Å². The van der Waals surface area contributed by atoms with Crippen molar-refractivity contribution < 1.29 is 21.6 Å². The number of alkyl halides is 3. The summed E-state index contributed by atoms with van der Waals surface area (Å²) in [6, 6.07) is 1.15. The number of pyridine rings is 1. The van der Waals surface area contributed by atoms with Gasteiger partial charge in [-0.05, 0) is 19.1 Å². The van der Waals surface area contributed by atoms with Crippen molar-refractivity contribution in [3.8, 4) is 0 Å². The molecule has 0 bridgehead atoms. The number of halogens is 4. The molecule has 1 rings (SSSR count). The third-order valence-corrected chi connectivity index (χ3v) is 3.70. The molecule has 0 amide bonds. The molecule has 9 heteroatoms. The van der Waals surface area contributed by atoms with E-state index >= 15 is 0 Å². The van der Waals surface area contributed by atoms with Gasteiger partial charge in [0.15, 0.2) is 0 Å². The summed E-state index contributed by atoms with van der Waals surface area (Å²) < 4.78 is 61.5. The van der Waals surface area contributed by atoms with E-state index in [0.29, 0.717) is 0 Å². The Hall–Kier alpha value is -0.860. The van der Waals surface area contributed by atoms with Gasteiger partial charge in [0.1, 0.15) is 10.0 Å². The molecule has 1 atom stereocenters. The SMILES string of the molecule is CC(CC(F)(F)F)NS(=O)(=O)c1ccc(Cl)nc1. The molecule has 1 aromatic heterocycles. The lowest BCUT2D eigenvalue weighted by Crippen LogP contribution is -2.35. The predicted molar refractivity (Wildman–Crippen MR) is 59.7 cm³/mol. The summed E-state index contributed by atoms with van der Waals surface area (Å²) in [5, 5.41) is 0.0947. The van der Waals surface area contributed by atoms with Crippen LogP contribution in [0.4, 0.5) is 13.2 Å².